The van der Waals surface area contributed by atoms with Gasteiger partial charge < -0.3 is 24.5 Å². The number of hydrogen-bond donors (Lipinski definition) is 1. The van der Waals surface area contributed by atoms with Crippen LogP contribution in [0.3, 0.4) is 0 Å². The Balaban J connectivity index is 1.41. The van der Waals surface area contributed by atoms with Crippen LogP contribution < -0.4 is 0 Å². The summed E-state index contributed by atoms with van der Waals surface area (Å²) in [4.78, 5) is 30.1. The third kappa shape index (κ3) is 3.68. The van der Waals surface area contributed by atoms with Crippen molar-refractivity contribution in [3.63, 3.8) is 0 Å². The molecule has 2 fully saturated rings. The zero-order valence-corrected chi connectivity index (χ0v) is 17.7. The number of fused-ring (bicyclic) bond motifs is 1. The zero-order chi connectivity index (χ0) is 22.3. The number of hydrogen-bond acceptors (Lipinski definition) is 3. The number of carboxylic acid groups (broad SMARTS) is 1. The molecule has 0 aromatic heterocycles. The molecule has 0 bridgehead atoms. The lowest BCUT2D eigenvalue weighted by Gasteiger charge is -2.41. The Kier molecular flexibility index (Phi) is 5.25. The van der Waals surface area contributed by atoms with Gasteiger partial charge in [-0.15, -0.1) is 0 Å². The Hall–Kier alpha value is -3.13. The van der Waals surface area contributed by atoms with E-state index in [1.165, 1.54) is 22.6 Å². The third-order valence-electron chi connectivity index (χ3n) is 6.82. The molecule has 1 unspecified atom stereocenters. The predicted molar refractivity (Wildman–Crippen MR) is 115 cm³/mol. The van der Waals surface area contributed by atoms with Crippen molar-refractivity contribution in [2.45, 2.75) is 24.5 Å². The lowest BCUT2D eigenvalue weighted by atomic mass is 9.88. The van der Waals surface area contributed by atoms with E-state index in [4.69, 9.17) is 4.74 Å². The average molecular weight is 439 g/mol. The highest BCUT2D eigenvalue weighted by molar-refractivity contribution is 5.77. The minimum Gasteiger partial charge on any atom is -0.465 e. The van der Waals surface area contributed by atoms with Gasteiger partial charge >= 0.3 is 12.1 Å². The summed E-state index contributed by atoms with van der Waals surface area (Å²) in [5, 5.41) is 9.39. The monoisotopic (exact) mass is 439 g/mol. The number of likely N-dealkylation sites (tertiary alicyclic amines) is 1. The topological polar surface area (TPSA) is 73.3 Å². The SMILES string of the molecule is O=C(O)N1CCOC2(CCN(C(=O)N3CCc4ccccc4[C@@H]3c3ccc(F)cc3)C2)C1. The number of carbonyl (C=O) groups is 2. The van der Waals surface area contributed by atoms with Gasteiger partial charge in [0, 0.05) is 19.6 Å². The largest absolute Gasteiger partial charge is 0.465 e. The summed E-state index contributed by atoms with van der Waals surface area (Å²) in [5.41, 5.74) is 2.47. The van der Waals surface area contributed by atoms with Gasteiger partial charge in [0.1, 0.15) is 11.4 Å². The molecule has 2 saturated heterocycles. The molecular formula is C24H26FN3O4. The first-order valence-electron chi connectivity index (χ1n) is 11.0. The number of ether oxygens (including phenoxy) is 1. The van der Waals surface area contributed by atoms with Gasteiger partial charge in [-0.2, -0.15) is 0 Å². The molecule has 1 spiro atoms. The third-order valence-corrected chi connectivity index (χ3v) is 6.82. The Morgan fingerprint density at radius 3 is 2.53 bits per heavy atom. The summed E-state index contributed by atoms with van der Waals surface area (Å²) in [5.74, 6) is -0.311. The molecule has 3 aliphatic heterocycles. The molecule has 168 valence electrons. The number of halogens is 1. The van der Waals surface area contributed by atoms with Gasteiger partial charge in [-0.1, -0.05) is 36.4 Å². The molecular weight excluding hydrogens is 413 g/mol. The van der Waals surface area contributed by atoms with E-state index in [0.29, 0.717) is 39.2 Å². The van der Waals surface area contributed by atoms with Gasteiger partial charge in [0.2, 0.25) is 0 Å². The summed E-state index contributed by atoms with van der Waals surface area (Å²) >= 11 is 0. The molecule has 3 heterocycles. The van der Waals surface area contributed by atoms with E-state index in [1.54, 1.807) is 17.0 Å². The molecule has 0 saturated carbocycles. The first-order valence-corrected chi connectivity index (χ1v) is 11.0. The number of benzene rings is 2. The normalized spacial score (nSPS) is 25.2. The van der Waals surface area contributed by atoms with Crippen LogP contribution in [-0.2, 0) is 11.2 Å². The number of morpholine rings is 1. The number of urea groups is 1. The maximum atomic E-state index is 13.7. The lowest BCUT2D eigenvalue weighted by molar-refractivity contribution is -0.0925. The van der Waals surface area contributed by atoms with Crippen molar-refractivity contribution < 1.29 is 23.8 Å². The molecule has 0 radical (unpaired) electrons. The van der Waals surface area contributed by atoms with E-state index in [9.17, 15) is 19.1 Å². The van der Waals surface area contributed by atoms with Gasteiger partial charge in [-0.05, 0) is 41.7 Å². The molecule has 32 heavy (non-hydrogen) atoms. The highest BCUT2D eigenvalue weighted by Gasteiger charge is 2.47. The molecule has 1 N–H and O–H groups in total. The maximum Gasteiger partial charge on any atom is 0.407 e. The van der Waals surface area contributed by atoms with Gasteiger partial charge in [0.05, 0.1) is 25.7 Å². The fourth-order valence-electron chi connectivity index (χ4n) is 5.22. The first-order chi connectivity index (χ1) is 15.5. The van der Waals surface area contributed by atoms with Crippen LogP contribution in [0.5, 0.6) is 0 Å². The fraction of sp³-hybridized carbons (Fsp3) is 0.417. The van der Waals surface area contributed by atoms with E-state index >= 15 is 0 Å². The molecule has 7 nitrogen and oxygen atoms in total. The smallest absolute Gasteiger partial charge is 0.407 e. The van der Waals surface area contributed by atoms with Crippen molar-refractivity contribution in [3.8, 4) is 0 Å². The summed E-state index contributed by atoms with van der Waals surface area (Å²) in [6.45, 7) is 2.40. The minimum atomic E-state index is -0.957. The Morgan fingerprint density at radius 1 is 1.00 bits per heavy atom. The Labute approximate surface area is 186 Å². The molecule has 5 rings (SSSR count). The van der Waals surface area contributed by atoms with Gasteiger partial charge in [-0.25, -0.2) is 14.0 Å². The van der Waals surface area contributed by atoms with Crippen LogP contribution in [0.2, 0.25) is 0 Å². The molecule has 2 aromatic carbocycles. The lowest BCUT2D eigenvalue weighted by Crippen LogP contribution is -2.55. The predicted octanol–water partition coefficient (Wildman–Crippen LogP) is 3.35. The van der Waals surface area contributed by atoms with Crippen molar-refractivity contribution in [2.24, 2.45) is 0 Å². The molecule has 2 atom stereocenters. The highest BCUT2D eigenvalue weighted by atomic mass is 19.1. The zero-order valence-electron chi connectivity index (χ0n) is 17.7. The second-order valence-electron chi connectivity index (χ2n) is 8.79. The van der Waals surface area contributed by atoms with E-state index in [-0.39, 0.29) is 24.4 Å². The quantitative estimate of drug-likeness (QED) is 0.740. The second kappa shape index (κ2) is 8.09. The summed E-state index contributed by atoms with van der Waals surface area (Å²) < 4.78 is 19.6. The van der Waals surface area contributed by atoms with Crippen molar-refractivity contribution in [1.82, 2.24) is 14.7 Å². The fourth-order valence-corrected chi connectivity index (χ4v) is 5.22. The molecule has 0 aliphatic carbocycles. The molecule has 8 heteroatoms. The van der Waals surface area contributed by atoms with Crippen LogP contribution in [0.15, 0.2) is 48.5 Å². The van der Waals surface area contributed by atoms with Crippen LogP contribution in [0.1, 0.15) is 29.2 Å². The van der Waals surface area contributed by atoms with Crippen molar-refractivity contribution in [1.29, 1.82) is 0 Å². The van der Waals surface area contributed by atoms with Crippen LogP contribution in [-0.4, -0.2) is 76.9 Å². The molecule has 2 aromatic rings. The number of amides is 3. The van der Waals surface area contributed by atoms with E-state index in [1.807, 2.05) is 23.1 Å². The average Bonchev–Trinajstić information content (AvgIpc) is 3.21. The van der Waals surface area contributed by atoms with Crippen LogP contribution in [0, 0.1) is 5.82 Å². The van der Waals surface area contributed by atoms with Crippen LogP contribution in [0.4, 0.5) is 14.0 Å². The van der Waals surface area contributed by atoms with E-state index in [2.05, 4.69) is 6.07 Å². The minimum absolute atomic E-state index is 0.0956. The first kappa shape index (κ1) is 20.8. The van der Waals surface area contributed by atoms with Gasteiger partial charge in [0.25, 0.3) is 0 Å². The van der Waals surface area contributed by atoms with Crippen LogP contribution >= 0.6 is 0 Å². The van der Waals surface area contributed by atoms with Gasteiger partial charge in [-0.3, -0.25) is 0 Å². The van der Waals surface area contributed by atoms with Crippen molar-refractivity contribution >= 4 is 12.1 Å². The van der Waals surface area contributed by atoms with Gasteiger partial charge in [0.15, 0.2) is 0 Å². The summed E-state index contributed by atoms with van der Waals surface area (Å²) in [7, 11) is 0. The summed E-state index contributed by atoms with van der Waals surface area (Å²) in [6.07, 6.45) is 0.400. The van der Waals surface area contributed by atoms with Crippen molar-refractivity contribution in [3.05, 3.63) is 71.0 Å². The molecule has 3 aliphatic rings. The van der Waals surface area contributed by atoms with Crippen LogP contribution in [0.25, 0.3) is 0 Å². The maximum absolute atomic E-state index is 13.7. The second-order valence-corrected chi connectivity index (χ2v) is 8.79. The molecule has 3 amide bonds. The van der Waals surface area contributed by atoms with E-state index in [0.717, 1.165) is 17.5 Å². The Morgan fingerprint density at radius 2 is 1.75 bits per heavy atom. The van der Waals surface area contributed by atoms with Crippen molar-refractivity contribution in [2.75, 3.05) is 39.3 Å². The Bertz CT molecular complexity index is 1030. The highest BCUT2D eigenvalue weighted by Crippen LogP contribution is 2.37. The summed E-state index contributed by atoms with van der Waals surface area (Å²) in [6, 6.07) is 14.0. The number of nitrogens with zero attached hydrogens (tertiary/aromatic N) is 3. The van der Waals surface area contributed by atoms with E-state index < -0.39 is 11.7 Å². The standard InChI is InChI=1S/C24H26FN3O4/c25-19-7-5-18(6-8-19)21-20-4-2-1-3-17(20)9-11-28(21)22(29)26-12-10-24(15-26)16-27(23(30)31)13-14-32-24/h1-8,21H,9-16H2,(H,30,31)/t21-,24?/m0/s1. The number of rotatable bonds is 1. The number of carbonyl (C=O) groups excluding carboxylic acids is 1.